The summed E-state index contributed by atoms with van der Waals surface area (Å²) in [6.45, 7) is 0.295. The minimum Gasteiger partial charge on any atom is -0.492 e. The molecule has 2 aromatic carbocycles. The molecule has 0 bridgehead atoms. The zero-order chi connectivity index (χ0) is 14.5. The predicted octanol–water partition coefficient (Wildman–Crippen LogP) is 3.96. The second kappa shape index (κ2) is 6.68. The van der Waals surface area contributed by atoms with E-state index in [2.05, 4.69) is 5.32 Å². The van der Waals surface area contributed by atoms with Crippen LogP contribution in [0.1, 0.15) is 11.6 Å². The SMILES string of the molecule is CNC(COc1ccc(Cl)cc1)c1ccc(F)c(F)c1. The molecule has 0 aliphatic heterocycles. The van der Waals surface area contributed by atoms with Gasteiger partial charge in [0.15, 0.2) is 11.6 Å². The molecule has 0 aliphatic rings. The first-order valence-corrected chi connectivity index (χ1v) is 6.48. The maximum absolute atomic E-state index is 13.2. The molecule has 106 valence electrons. The first-order chi connectivity index (χ1) is 9.60. The highest BCUT2D eigenvalue weighted by Gasteiger charge is 2.13. The second-order valence-electron chi connectivity index (χ2n) is 4.28. The van der Waals surface area contributed by atoms with Gasteiger partial charge in [0.25, 0.3) is 0 Å². The molecule has 1 N–H and O–H groups in total. The van der Waals surface area contributed by atoms with Crippen LogP contribution in [0.4, 0.5) is 8.78 Å². The molecule has 2 aromatic rings. The van der Waals surface area contributed by atoms with Crippen LogP contribution in [0, 0.1) is 11.6 Å². The van der Waals surface area contributed by atoms with E-state index in [0.717, 1.165) is 6.07 Å². The maximum Gasteiger partial charge on any atom is 0.159 e. The summed E-state index contributed by atoms with van der Waals surface area (Å²) >= 11 is 5.78. The highest BCUT2D eigenvalue weighted by molar-refractivity contribution is 6.30. The first-order valence-electron chi connectivity index (χ1n) is 6.10. The number of ether oxygens (including phenoxy) is 1. The summed E-state index contributed by atoms with van der Waals surface area (Å²) in [6.07, 6.45) is 0. The molecule has 0 saturated carbocycles. The molecular formula is C15H14ClF2NO. The van der Waals surface area contributed by atoms with Crippen molar-refractivity contribution < 1.29 is 13.5 Å². The number of hydrogen-bond acceptors (Lipinski definition) is 2. The van der Waals surface area contributed by atoms with Crippen molar-refractivity contribution in [3.05, 3.63) is 64.7 Å². The van der Waals surface area contributed by atoms with Gasteiger partial charge < -0.3 is 10.1 Å². The number of halogens is 3. The largest absolute Gasteiger partial charge is 0.492 e. The van der Waals surface area contributed by atoms with E-state index in [4.69, 9.17) is 16.3 Å². The molecule has 2 rings (SSSR count). The van der Waals surface area contributed by atoms with Crippen LogP contribution >= 0.6 is 11.6 Å². The monoisotopic (exact) mass is 297 g/mol. The molecule has 5 heteroatoms. The van der Waals surface area contributed by atoms with E-state index >= 15 is 0 Å². The summed E-state index contributed by atoms with van der Waals surface area (Å²) < 4.78 is 31.7. The average molecular weight is 298 g/mol. The lowest BCUT2D eigenvalue weighted by molar-refractivity contribution is 0.272. The minimum atomic E-state index is -0.866. The van der Waals surface area contributed by atoms with E-state index in [1.54, 1.807) is 31.3 Å². The van der Waals surface area contributed by atoms with Gasteiger partial charge in [-0.05, 0) is 49.0 Å². The quantitative estimate of drug-likeness (QED) is 0.902. The van der Waals surface area contributed by atoms with Crippen molar-refractivity contribution in [2.75, 3.05) is 13.7 Å². The van der Waals surface area contributed by atoms with Gasteiger partial charge in [-0.2, -0.15) is 0 Å². The molecule has 0 heterocycles. The van der Waals surface area contributed by atoms with Gasteiger partial charge >= 0.3 is 0 Å². The summed E-state index contributed by atoms with van der Waals surface area (Å²) in [5.74, 6) is -1.06. The third-order valence-electron chi connectivity index (χ3n) is 2.92. The Kier molecular flexibility index (Phi) is 4.93. The fourth-order valence-corrected chi connectivity index (χ4v) is 1.91. The molecule has 0 fully saturated rings. The van der Waals surface area contributed by atoms with Crippen molar-refractivity contribution in [3.63, 3.8) is 0 Å². The van der Waals surface area contributed by atoms with Gasteiger partial charge in [-0.3, -0.25) is 0 Å². The molecule has 0 saturated heterocycles. The fourth-order valence-electron chi connectivity index (χ4n) is 1.79. The summed E-state index contributed by atoms with van der Waals surface area (Å²) in [7, 11) is 1.73. The lowest BCUT2D eigenvalue weighted by Gasteiger charge is -2.17. The molecular weight excluding hydrogens is 284 g/mol. The van der Waals surface area contributed by atoms with Crippen molar-refractivity contribution in [2.24, 2.45) is 0 Å². The molecule has 0 aromatic heterocycles. The van der Waals surface area contributed by atoms with Crippen molar-refractivity contribution in [2.45, 2.75) is 6.04 Å². The van der Waals surface area contributed by atoms with Gasteiger partial charge in [0.05, 0.1) is 6.04 Å². The zero-order valence-electron chi connectivity index (χ0n) is 10.9. The van der Waals surface area contributed by atoms with Crippen molar-refractivity contribution >= 4 is 11.6 Å². The molecule has 0 amide bonds. The molecule has 2 nitrogen and oxygen atoms in total. The normalized spacial score (nSPS) is 12.2. The molecule has 0 aliphatic carbocycles. The first kappa shape index (κ1) is 14.8. The summed E-state index contributed by atoms with van der Waals surface area (Å²) in [6, 6.07) is 10.5. The Labute approximate surface area is 121 Å². The van der Waals surface area contributed by atoms with E-state index < -0.39 is 11.6 Å². The van der Waals surface area contributed by atoms with Crippen molar-refractivity contribution in [3.8, 4) is 5.75 Å². The smallest absolute Gasteiger partial charge is 0.159 e. The van der Waals surface area contributed by atoms with E-state index in [1.165, 1.54) is 12.1 Å². The summed E-state index contributed by atoms with van der Waals surface area (Å²) in [5.41, 5.74) is 0.625. The van der Waals surface area contributed by atoms with Crippen molar-refractivity contribution in [1.82, 2.24) is 5.32 Å². The van der Waals surface area contributed by atoms with Crippen LogP contribution in [0.5, 0.6) is 5.75 Å². The maximum atomic E-state index is 13.2. The fraction of sp³-hybridized carbons (Fsp3) is 0.200. The van der Waals surface area contributed by atoms with Gasteiger partial charge in [0.1, 0.15) is 12.4 Å². The van der Waals surface area contributed by atoms with Crippen molar-refractivity contribution in [1.29, 1.82) is 0 Å². The topological polar surface area (TPSA) is 21.3 Å². The van der Waals surface area contributed by atoms with Crippen LogP contribution in [0.15, 0.2) is 42.5 Å². The summed E-state index contributed by atoms with van der Waals surface area (Å²) in [4.78, 5) is 0. The number of hydrogen-bond donors (Lipinski definition) is 1. The Balaban J connectivity index is 2.05. The van der Waals surface area contributed by atoms with Crippen LogP contribution in [0.25, 0.3) is 0 Å². The Bertz CT molecular complexity index is 575. The van der Waals surface area contributed by atoms with Crippen LogP contribution in [0.3, 0.4) is 0 Å². The van der Waals surface area contributed by atoms with Crippen LogP contribution in [0.2, 0.25) is 5.02 Å². The van der Waals surface area contributed by atoms with Crippen LogP contribution < -0.4 is 10.1 Å². The molecule has 0 radical (unpaired) electrons. The molecule has 1 unspecified atom stereocenters. The number of nitrogens with one attached hydrogen (secondary N) is 1. The molecule has 0 spiro atoms. The lowest BCUT2D eigenvalue weighted by atomic mass is 10.1. The number of rotatable bonds is 5. The Morgan fingerprint density at radius 2 is 1.80 bits per heavy atom. The lowest BCUT2D eigenvalue weighted by Crippen LogP contribution is -2.23. The number of benzene rings is 2. The zero-order valence-corrected chi connectivity index (χ0v) is 11.6. The third kappa shape index (κ3) is 3.68. The predicted molar refractivity (Wildman–Crippen MR) is 75.1 cm³/mol. The molecule has 20 heavy (non-hydrogen) atoms. The second-order valence-corrected chi connectivity index (χ2v) is 4.72. The third-order valence-corrected chi connectivity index (χ3v) is 3.18. The van der Waals surface area contributed by atoms with Gasteiger partial charge in [0, 0.05) is 5.02 Å². The van der Waals surface area contributed by atoms with E-state index in [-0.39, 0.29) is 6.04 Å². The highest BCUT2D eigenvalue weighted by atomic mass is 35.5. The number of likely N-dealkylation sites (N-methyl/N-ethyl adjacent to an activating group) is 1. The standard InChI is InChI=1S/C15H14ClF2NO/c1-19-15(10-2-7-13(17)14(18)8-10)9-20-12-5-3-11(16)4-6-12/h2-8,15,19H,9H2,1H3. The van der Waals surface area contributed by atoms with Gasteiger partial charge in [0.2, 0.25) is 0 Å². The van der Waals surface area contributed by atoms with Gasteiger partial charge in [-0.25, -0.2) is 8.78 Å². The Morgan fingerprint density at radius 1 is 1.10 bits per heavy atom. The average Bonchev–Trinajstić information content (AvgIpc) is 2.45. The van der Waals surface area contributed by atoms with E-state index in [9.17, 15) is 8.78 Å². The molecule has 1 atom stereocenters. The minimum absolute atomic E-state index is 0.235. The Hall–Kier alpha value is -1.65. The van der Waals surface area contributed by atoms with Gasteiger partial charge in [-0.1, -0.05) is 17.7 Å². The summed E-state index contributed by atoms with van der Waals surface area (Å²) in [5, 5.41) is 3.63. The van der Waals surface area contributed by atoms with E-state index in [0.29, 0.717) is 22.9 Å². The van der Waals surface area contributed by atoms with Crippen LogP contribution in [-0.2, 0) is 0 Å². The van der Waals surface area contributed by atoms with E-state index in [1.807, 2.05) is 0 Å². The highest BCUT2D eigenvalue weighted by Crippen LogP contribution is 2.20. The Morgan fingerprint density at radius 3 is 2.40 bits per heavy atom. The van der Waals surface area contributed by atoms with Gasteiger partial charge in [-0.15, -0.1) is 0 Å². The van der Waals surface area contributed by atoms with Crippen LogP contribution in [-0.4, -0.2) is 13.7 Å².